The Hall–Kier alpha value is -1.04. The molecule has 3 nitrogen and oxygen atoms in total. The van der Waals surface area contributed by atoms with Gasteiger partial charge < -0.3 is 5.32 Å². The molecule has 0 radical (unpaired) electrons. The first-order valence-electron chi connectivity index (χ1n) is 4.69. The first-order chi connectivity index (χ1) is 5.97. The van der Waals surface area contributed by atoms with E-state index in [-0.39, 0.29) is 11.9 Å². The van der Waals surface area contributed by atoms with Gasteiger partial charge in [-0.3, -0.25) is 4.79 Å². The van der Waals surface area contributed by atoms with Gasteiger partial charge in [-0.2, -0.15) is 5.26 Å². The van der Waals surface area contributed by atoms with E-state index in [0.29, 0.717) is 5.92 Å². The van der Waals surface area contributed by atoms with E-state index >= 15 is 0 Å². The smallest absolute Gasteiger partial charge is 0.240 e. The van der Waals surface area contributed by atoms with Crippen molar-refractivity contribution in [3.8, 4) is 6.07 Å². The highest BCUT2D eigenvalue weighted by atomic mass is 16.2. The molecule has 0 aromatic heterocycles. The summed E-state index contributed by atoms with van der Waals surface area (Å²) in [6.45, 7) is 5.28. The van der Waals surface area contributed by atoms with Crippen LogP contribution in [-0.2, 0) is 4.79 Å². The molecule has 1 atom stereocenters. The number of amides is 1. The minimum absolute atomic E-state index is 0.158. The van der Waals surface area contributed by atoms with E-state index in [0.717, 1.165) is 0 Å². The van der Waals surface area contributed by atoms with Gasteiger partial charge in [0.05, 0.1) is 6.07 Å². The molecule has 1 N–H and O–H groups in total. The first kappa shape index (κ1) is 10.0. The monoisotopic (exact) mass is 180 g/mol. The summed E-state index contributed by atoms with van der Waals surface area (Å²) in [5.41, 5.74) is -0.900. The van der Waals surface area contributed by atoms with Crippen molar-refractivity contribution in [3.63, 3.8) is 0 Å². The van der Waals surface area contributed by atoms with Gasteiger partial charge in [0, 0.05) is 6.04 Å². The van der Waals surface area contributed by atoms with Crippen LogP contribution < -0.4 is 5.32 Å². The zero-order chi connectivity index (χ0) is 10.1. The van der Waals surface area contributed by atoms with Crippen molar-refractivity contribution in [2.45, 2.75) is 39.7 Å². The van der Waals surface area contributed by atoms with Gasteiger partial charge in [-0.15, -0.1) is 0 Å². The number of rotatable bonds is 3. The summed E-state index contributed by atoms with van der Waals surface area (Å²) in [6, 6.07) is 2.22. The van der Waals surface area contributed by atoms with Crippen LogP contribution in [0, 0.1) is 22.7 Å². The highest BCUT2D eigenvalue weighted by molar-refractivity contribution is 5.84. The minimum atomic E-state index is -0.900. The number of carbonyl (C=O) groups is 1. The molecule has 13 heavy (non-hydrogen) atoms. The minimum Gasteiger partial charge on any atom is -0.352 e. The molecule has 1 saturated carbocycles. The van der Waals surface area contributed by atoms with E-state index < -0.39 is 5.41 Å². The van der Waals surface area contributed by atoms with Gasteiger partial charge in [0.1, 0.15) is 5.41 Å². The molecule has 0 heterocycles. The summed E-state index contributed by atoms with van der Waals surface area (Å²) in [7, 11) is 0. The highest BCUT2D eigenvalue weighted by Crippen LogP contribution is 2.32. The van der Waals surface area contributed by atoms with Crippen LogP contribution in [0.1, 0.15) is 33.6 Å². The quantitative estimate of drug-likeness (QED) is 0.714. The van der Waals surface area contributed by atoms with E-state index in [1.54, 1.807) is 13.8 Å². The second-order valence-corrected chi connectivity index (χ2v) is 4.34. The molecule has 1 aliphatic rings. The Morgan fingerprint density at radius 3 is 2.54 bits per heavy atom. The van der Waals surface area contributed by atoms with Gasteiger partial charge in [-0.1, -0.05) is 0 Å². The van der Waals surface area contributed by atoms with Crippen LogP contribution >= 0.6 is 0 Å². The zero-order valence-corrected chi connectivity index (χ0v) is 8.42. The number of nitriles is 1. The lowest BCUT2D eigenvalue weighted by atomic mass is 9.94. The van der Waals surface area contributed by atoms with Crippen molar-refractivity contribution in [1.82, 2.24) is 5.32 Å². The third-order valence-corrected chi connectivity index (χ3v) is 2.54. The average Bonchev–Trinajstić information content (AvgIpc) is 2.86. The molecule has 0 aromatic carbocycles. The van der Waals surface area contributed by atoms with Gasteiger partial charge in [-0.05, 0) is 39.5 Å². The third-order valence-electron chi connectivity index (χ3n) is 2.54. The van der Waals surface area contributed by atoms with Crippen LogP contribution in [0.2, 0.25) is 0 Å². The number of nitrogens with one attached hydrogen (secondary N) is 1. The molecule has 0 bridgehead atoms. The van der Waals surface area contributed by atoms with Crippen LogP contribution in [-0.4, -0.2) is 11.9 Å². The Labute approximate surface area is 79.1 Å². The molecule has 1 amide bonds. The van der Waals surface area contributed by atoms with Crippen molar-refractivity contribution >= 4 is 5.91 Å². The van der Waals surface area contributed by atoms with Crippen LogP contribution in [0.5, 0.6) is 0 Å². The Morgan fingerprint density at radius 2 is 2.15 bits per heavy atom. The van der Waals surface area contributed by atoms with Crippen LogP contribution in [0.4, 0.5) is 0 Å². The summed E-state index contributed by atoms with van der Waals surface area (Å²) in [6.07, 6.45) is 2.41. The molecule has 0 aromatic rings. The fourth-order valence-corrected chi connectivity index (χ4v) is 1.15. The Balaban J connectivity index is 2.45. The fourth-order valence-electron chi connectivity index (χ4n) is 1.15. The topological polar surface area (TPSA) is 52.9 Å². The van der Waals surface area contributed by atoms with Gasteiger partial charge in [0.2, 0.25) is 5.91 Å². The molecule has 1 aliphatic carbocycles. The largest absolute Gasteiger partial charge is 0.352 e. The predicted molar refractivity (Wildman–Crippen MR) is 49.7 cm³/mol. The maximum Gasteiger partial charge on any atom is 0.240 e. The van der Waals surface area contributed by atoms with Crippen LogP contribution in [0.15, 0.2) is 0 Å². The molecule has 1 rings (SSSR count). The van der Waals surface area contributed by atoms with Crippen LogP contribution in [0.25, 0.3) is 0 Å². The molecule has 0 aliphatic heterocycles. The molecule has 3 heteroatoms. The Bertz CT molecular complexity index is 248. The molecule has 0 saturated heterocycles. The van der Waals surface area contributed by atoms with E-state index in [1.165, 1.54) is 12.8 Å². The number of hydrogen-bond acceptors (Lipinski definition) is 2. The van der Waals surface area contributed by atoms with Crippen molar-refractivity contribution in [1.29, 1.82) is 5.26 Å². The highest BCUT2D eigenvalue weighted by Gasteiger charge is 2.33. The molecule has 1 unspecified atom stereocenters. The summed E-state index contributed by atoms with van der Waals surface area (Å²) < 4.78 is 0. The second kappa shape index (κ2) is 3.37. The molecular weight excluding hydrogens is 164 g/mol. The Kier molecular flexibility index (Phi) is 2.60. The summed E-state index contributed by atoms with van der Waals surface area (Å²) >= 11 is 0. The second-order valence-electron chi connectivity index (χ2n) is 4.34. The zero-order valence-electron chi connectivity index (χ0n) is 8.42. The number of nitrogens with zero attached hydrogens (tertiary/aromatic N) is 1. The third kappa shape index (κ3) is 2.45. The van der Waals surface area contributed by atoms with E-state index in [9.17, 15) is 4.79 Å². The van der Waals surface area contributed by atoms with E-state index in [1.807, 2.05) is 13.0 Å². The molecular formula is C10H16N2O. The van der Waals surface area contributed by atoms with Crippen LogP contribution in [0.3, 0.4) is 0 Å². The average molecular weight is 180 g/mol. The first-order valence-corrected chi connectivity index (χ1v) is 4.69. The lowest BCUT2D eigenvalue weighted by Gasteiger charge is -2.19. The molecule has 1 fully saturated rings. The summed E-state index contributed by atoms with van der Waals surface area (Å²) in [4.78, 5) is 11.5. The maximum atomic E-state index is 11.5. The van der Waals surface area contributed by atoms with Gasteiger partial charge >= 0.3 is 0 Å². The Morgan fingerprint density at radius 1 is 1.62 bits per heavy atom. The standard InChI is InChI=1S/C10H16N2O/c1-7(8-4-5-8)12-9(13)10(2,3)6-11/h7-8H,4-5H2,1-3H3,(H,12,13). The normalized spacial score (nSPS) is 18.9. The lowest BCUT2D eigenvalue weighted by Crippen LogP contribution is -2.41. The van der Waals surface area contributed by atoms with Crippen molar-refractivity contribution in [3.05, 3.63) is 0 Å². The number of hydrogen-bond donors (Lipinski definition) is 1. The maximum absolute atomic E-state index is 11.5. The van der Waals surface area contributed by atoms with Gasteiger partial charge in [0.25, 0.3) is 0 Å². The van der Waals surface area contributed by atoms with Crippen molar-refractivity contribution < 1.29 is 4.79 Å². The summed E-state index contributed by atoms with van der Waals surface area (Å²) in [5.74, 6) is 0.479. The van der Waals surface area contributed by atoms with E-state index in [4.69, 9.17) is 5.26 Å². The predicted octanol–water partition coefficient (Wildman–Crippen LogP) is 1.45. The molecule has 0 spiro atoms. The van der Waals surface area contributed by atoms with Crippen molar-refractivity contribution in [2.75, 3.05) is 0 Å². The number of carbonyl (C=O) groups excluding carboxylic acids is 1. The fraction of sp³-hybridized carbons (Fsp3) is 0.800. The van der Waals surface area contributed by atoms with E-state index in [2.05, 4.69) is 5.32 Å². The van der Waals surface area contributed by atoms with Crippen molar-refractivity contribution in [2.24, 2.45) is 11.3 Å². The lowest BCUT2D eigenvalue weighted by molar-refractivity contribution is -0.127. The summed E-state index contributed by atoms with van der Waals surface area (Å²) in [5, 5.41) is 11.6. The van der Waals surface area contributed by atoms with Gasteiger partial charge in [0.15, 0.2) is 0 Å². The SMILES string of the molecule is CC(NC(=O)C(C)(C)C#N)C1CC1. The van der Waals surface area contributed by atoms with Gasteiger partial charge in [-0.25, -0.2) is 0 Å². The molecule has 72 valence electrons.